The Morgan fingerprint density at radius 3 is 2.50 bits per heavy atom. The van der Waals surface area contributed by atoms with E-state index in [2.05, 4.69) is 69.3 Å². The van der Waals surface area contributed by atoms with Crippen LogP contribution in [0.25, 0.3) is 5.69 Å². The maximum Gasteiger partial charge on any atom is 0.226 e. The number of nitrogens with one attached hydrogen (secondary N) is 2. The van der Waals surface area contributed by atoms with Crippen molar-refractivity contribution < 1.29 is 4.79 Å². The van der Waals surface area contributed by atoms with Gasteiger partial charge in [0.15, 0.2) is 5.11 Å². The summed E-state index contributed by atoms with van der Waals surface area (Å²) in [6.07, 6.45) is 2.13. The highest BCUT2D eigenvalue weighted by Crippen LogP contribution is 2.41. The second kappa shape index (κ2) is 10.8. The number of aromatic nitrogens is 2. The summed E-state index contributed by atoms with van der Waals surface area (Å²) < 4.78 is 2.28. The molecule has 38 heavy (non-hydrogen) atoms. The quantitative estimate of drug-likeness (QED) is 0.286. The van der Waals surface area contributed by atoms with Gasteiger partial charge in [0.1, 0.15) is 0 Å². The van der Waals surface area contributed by atoms with Crippen molar-refractivity contribution >= 4 is 28.9 Å². The minimum atomic E-state index is -0.129. The number of nitrogens with zero attached hydrogens (tertiary/aromatic N) is 3. The fourth-order valence-corrected chi connectivity index (χ4v) is 5.68. The van der Waals surface area contributed by atoms with Gasteiger partial charge in [-0.1, -0.05) is 36.4 Å². The topological polar surface area (TPSA) is 62.2 Å². The molecule has 2 N–H and O–H groups in total. The highest BCUT2D eigenvalue weighted by atomic mass is 32.1. The van der Waals surface area contributed by atoms with Gasteiger partial charge in [0.2, 0.25) is 5.91 Å². The number of aryl methyl sites for hydroxylation is 3. The van der Waals surface area contributed by atoms with Crippen molar-refractivity contribution in [2.45, 2.75) is 46.2 Å². The Hall–Kier alpha value is -3.97. The van der Waals surface area contributed by atoms with Gasteiger partial charge in [-0.05, 0) is 93.0 Å². The zero-order valence-electron chi connectivity index (χ0n) is 22.2. The number of rotatable bonds is 7. The molecule has 1 aliphatic rings. The van der Waals surface area contributed by atoms with Crippen LogP contribution in [0.3, 0.4) is 0 Å². The SMILES string of the molecule is Cc1ccc(C)c(NC(=O)CCN2C(=S)N[C@@H](c3ccccn3)[C@@H]2c2cc(C)n(-c3ccccc3)c2C)c1. The molecule has 1 fully saturated rings. The van der Waals surface area contributed by atoms with Crippen LogP contribution in [0.15, 0.2) is 79.0 Å². The Bertz CT molecular complexity index is 1460. The van der Waals surface area contributed by atoms with Gasteiger partial charge in [-0.15, -0.1) is 0 Å². The number of anilines is 1. The van der Waals surface area contributed by atoms with Gasteiger partial charge in [0.05, 0.1) is 17.8 Å². The van der Waals surface area contributed by atoms with Gasteiger partial charge < -0.3 is 20.1 Å². The second-order valence-corrected chi connectivity index (χ2v) is 10.3. The first kappa shape index (κ1) is 25.7. The zero-order valence-corrected chi connectivity index (χ0v) is 23.0. The fourth-order valence-electron chi connectivity index (χ4n) is 5.35. The molecule has 1 amide bonds. The molecule has 1 saturated heterocycles. The number of hydrogen-bond donors (Lipinski definition) is 2. The molecular weight excluding hydrogens is 490 g/mol. The average Bonchev–Trinajstić information content (AvgIpc) is 3.40. The van der Waals surface area contributed by atoms with Crippen molar-refractivity contribution in [1.82, 2.24) is 19.8 Å². The molecule has 0 saturated carbocycles. The largest absolute Gasteiger partial charge is 0.352 e. The van der Waals surface area contributed by atoms with Crippen molar-refractivity contribution in [1.29, 1.82) is 0 Å². The van der Waals surface area contributed by atoms with Gasteiger partial charge in [-0.2, -0.15) is 0 Å². The second-order valence-electron chi connectivity index (χ2n) is 9.93. The van der Waals surface area contributed by atoms with Crippen molar-refractivity contribution in [3.05, 3.63) is 113 Å². The number of thiocarbonyl (C=S) groups is 1. The predicted octanol–water partition coefficient (Wildman–Crippen LogP) is 6.11. The van der Waals surface area contributed by atoms with E-state index in [0.717, 1.165) is 39.6 Å². The van der Waals surface area contributed by atoms with E-state index in [1.807, 2.05) is 62.5 Å². The highest BCUT2D eigenvalue weighted by Gasteiger charge is 2.41. The van der Waals surface area contributed by atoms with Crippen LogP contribution in [-0.4, -0.2) is 32.0 Å². The molecule has 0 radical (unpaired) electrons. The van der Waals surface area contributed by atoms with Crippen molar-refractivity contribution in [2.75, 3.05) is 11.9 Å². The molecule has 2 atom stereocenters. The summed E-state index contributed by atoms with van der Waals surface area (Å²) in [6, 6.07) is 24.4. The lowest BCUT2D eigenvalue weighted by atomic mass is 9.96. The van der Waals surface area contributed by atoms with E-state index in [9.17, 15) is 4.79 Å². The first-order valence-electron chi connectivity index (χ1n) is 12.9. The molecule has 2 aromatic carbocycles. The summed E-state index contributed by atoms with van der Waals surface area (Å²) in [7, 11) is 0. The normalized spacial score (nSPS) is 16.9. The molecule has 4 aromatic rings. The molecule has 7 heteroatoms. The third-order valence-electron chi connectivity index (χ3n) is 7.25. The van der Waals surface area contributed by atoms with E-state index < -0.39 is 0 Å². The van der Waals surface area contributed by atoms with Crippen LogP contribution < -0.4 is 10.6 Å². The van der Waals surface area contributed by atoms with E-state index in [1.165, 1.54) is 5.56 Å². The van der Waals surface area contributed by atoms with Crippen LogP contribution >= 0.6 is 12.2 Å². The van der Waals surface area contributed by atoms with Gasteiger partial charge >= 0.3 is 0 Å². The van der Waals surface area contributed by atoms with E-state index in [4.69, 9.17) is 12.2 Å². The summed E-state index contributed by atoms with van der Waals surface area (Å²) in [5.74, 6) is -0.0312. The molecule has 0 unspecified atom stereocenters. The van der Waals surface area contributed by atoms with E-state index in [-0.39, 0.29) is 18.0 Å². The number of hydrogen-bond acceptors (Lipinski definition) is 3. The van der Waals surface area contributed by atoms with Gasteiger partial charge in [0, 0.05) is 41.9 Å². The molecule has 2 aromatic heterocycles. The lowest BCUT2D eigenvalue weighted by Crippen LogP contribution is -2.33. The van der Waals surface area contributed by atoms with Crippen molar-refractivity contribution in [2.24, 2.45) is 0 Å². The molecular formula is C31H33N5OS. The summed E-state index contributed by atoms with van der Waals surface area (Å²) in [6.45, 7) is 8.80. The molecule has 0 aliphatic carbocycles. The van der Waals surface area contributed by atoms with Gasteiger partial charge in [-0.25, -0.2) is 0 Å². The Balaban J connectivity index is 1.46. The molecule has 5 rings (SSSR count). The summed E-state index contributed by atoms with van der Waals surface area (Å²) in [5, 5.41) is 7.23. The Morgan fingerprint density at radius 1 is 1.00 bits per heavy atom. The van der Waals surface area contributed by atoms with Crippen LogP contribution in [-0.2, 0) is 4.79 Å². The molecule has 6 nitrogen and oxygen atoms in total. The Kier molecular flexibility index (Phi) is 7.29. The van der Waals surface area contributed by atoms with Crippen LogP contribution in [0.4, 0.5) is 5.69 Å². The monoisotopic (exact) mass is 523 g/mol. The Morgan fingerprint density at radius 2 is 1.76 bits per heavy atom. The molecule has 1 aliphatic heterocycles. The minimum absolute atomic E-state index is 0.0312. The van der Waals surface area contributed by atoms with E-state index in [0.29, 0.717) is 18.1 Å². The molecule has 3 heterocycles. The molecule has 0 spiro atoms. The maximum atomic E-state index is 13.0. The first-order valence-corrected chi connectivity index (χ1v) is 13.3. The number of benzene rings is 2. The Labute approximate surface area is 229 Å². The maximum absolute atomic E-state index is 13.0. The van der Waals surface area contributed by atoms with E-state index in [1.54, 1.807) is 0 Å². The lowest BCUT2D eigenvalue weighted by molar-refractivity contribution is -0.116. The number of amides is 1. The molecule has 194 valence electrons. The van der Waals surface area contributed by atoms with Crippen LogP contribution in [0.1, 0.15) is 52.3 Å². The fraction of sp³-hybridized carbons (Fsp3) is 0.258. The lowest BCUT2D eigenvalue weighted by Gasteiger charge is -2.28. The predicted molar refractivity (Wildman–Crippen MR) is 157 cm³/mol. The number of para-hydroxylation sites is 1. The summed E-state index contributed by atoms with van der Waals surface area (Å²) in [5.41, 5.74) is 8.52. The number of carbonyl (C=O) groups excluding carboxylic acids is 1. The minimum Gasteiger partial charge on any atom is -0.352 e. The summed E-state index contributed by atoms with van der Waals surface area (Å²) >= 11 is 5.84. The average molecular weight is 524 g/mol. The van der Waals surface area contributed by atoms with Crippen LogP contribution in [0.5, 0.6) is 0 Å². The van der Waals surface area contributed by atoms with E-state index >= 15 is 0 Å². The number of carbonyl (C=O) groups is 1. The third kappa shape index (κ3) is 5.07. The van der Waals surface area contributed by atoms with Gasteiger partial charge in [0.25, 0.3) is 0 Å². The standard InChI is InChI=1S/C31H33N5OS/c1-20-13-14-21(2)27(18-20)33-28(37)15-17-35-30(29(34-31(35)38)26-12-8-9-16-32-26)25-19-22(3)36(23(25)4)24-10-6-5-7-11-24/h5-14,16,18-19,29-30H,15,17H2,1-4H3,(H,33,37)(H,34,38)/t29-,30-/m0/s1. The van der Waals surface area contributed by atoms with Crippen LogP contribution in [0.2, 0.25) is 0 Å². The van der Waals surface area contributed by atoms with Crippen molar-refractivity contribution in [3.63, 3.8) is 0 Å². The van der Waals surface area contributed by atoms with Gasteiger partial charge in [-0.3, -0.25) is 9.78 Å². The first-order chi connectivity index (χ1) is 18.3. The van der Waals surface area contributed by atoms with Crippen LogP contribution in [0, 0.1) is 27.7 Å². The zero-order chi connectivity index (χ0) is 26.8. The summed E-state index contributed by atoms with van der Waals surface area (Å²) in [4.78, 5) is 19.8. The molecule has 0 bridgehead atoms. The highest BCUT2D eigenvalue weighted by molar-refractivity contribution is 7.80. The van der Waals surface area contributed by atoms with Crippen molar-refractivity contribution in [3.8, 4) is 5.69 Å². The smallest absolute Gasteiger partial charge is 0.226 e. The third-order valence-corrected chi connectivity index (χ3v) is 7.60. The number of pyridine rings is 1.